The lowest BCUT2D eigenvalue weighted by Crippen LogP contribution is -2.22. The number of hydrogen-bond acceptors (Lipinski definition) is 8. The SMILES string of the molecule is CCNCCCSc1ccc(-c2ncc(CNC(=O)c3ccc4c(c3)NC(=O)c3ccccc3S4(=O)=O)s2)cc1. The first-order valence-corrected chi connectivity index (χ1v) is 16.1. The van der Waals surface area contributed by atoms with Gasteiger partial charge in [0.1, 0.15) is 5.01 Å². The summed E-state index contributed by atoms with van der Waals surface area (Å²) in [5.41, 5.74) is 1.40. The number of thioether (sulfide) groups is 1. The van der Waals surface area contributed by atoms with Gasteiger partial charge >= 0.3 is 0 Å². The van der Waals surface area contributed by atoms with Crippen LogP contribution in [0.5, 0.6) is 0 Å². The third-order valence-electron chi connectivity index (χ3n) is 6.30. The summed E-state index contributed by atoms with van der Waals surface area (Å²) in [6, 6.07) is 18.6. The highest BCUT2D eigenvalue weighted by atomic mass is 32.2. The molecule has 206 valence electrons. The summed E-state index contributed by atoms with van der Waals surface area (Å²) in [5, 5.41) is 9.70. The van der Waals surface area contributed by atoms with E-state index in [1.807, 2.05) is 11.8 Å². The van der Waals surface area contributed by atoms with Crippen LogP contribution < -0.4 is 16.0 Å². The van der Waals surface area contributed by atoms with Gasteiger partial charge in [-0.25, -0.2) is 13.4 Å². The molecule has 5 rings (SSSR count). The summed E-state index contributed by atoms with van der Waals surface area (Å²) >= 11 is 3.33. The number of aromatic nitrogens is 1. The zero-order chi connectivity index (χ0) is 28.1. The number of hydrogen-bond donors (Lipinski definition) is 3. The summed E-state index contributed by atoms with van der Waals surface area (Å²) in [7, 11) is -3.93. The van der Waals surface area contributed by atoms with Gasteiger partial charge in [0, 0.05) is 27.1 Å². The molecule has 1 aliphatic heterocycles. The van der Waals surface area contributed by atoms with Gasteiger partial charge in [0.25, 0.3) is 11.8 Å². The van der Waals surface area contributed by atoms with E-state index in [4.69, 9.17) is 0 Å². The lowest BCUT2D eigenvalue weighted by Gasteiger charge is -2.10. The van der Waals surface area contributed by atoms with Crippen molar-refractivity contribution < 1.29 is 18.0 Å². The van der Waals surface area contributed by atoms with Gasteiger partial charge in [0.15, 0.2) is 0 Å². The number of nitrogens with one attached hydrogen (secondary N) is 3. The van der Waals surface area contributed by atoms with E-state index < -0.39 is 15.7 Å². The lowest BCUT2D eigenvalue weighted by molar-refractivity contribution is 0.0949. The molecule has 0 saturated heterocycles. The summed E-state index contributed by atoms with van der Waals surface area (Å²) in [6.07, 6.45) is 2.86. The molecule has 2 heterocycles. The van der Waals surface area contributed by atoms with E-state index in [2.05, 4.69) is 52.1 Å². The second-order valence-electron chi connectivity index (χ2n) is 9.06. The molecule has 0 aliphatic carbocycles. The molecule has 0 radical (unpaired) electrons. The van der Waals surface area contributed by atoms with Gasteiger partial charge in [-0.1, -0.05) is 31.2 Å². The van der Waals surface area contributed by atoms with Crippen molar-refractivity contribution in [3.05, 3.63) is 88.9 Å². The first kappa shape index (κ1) is 28.0. The van der Waals surface area contributed by atoms with Crippen molar-refractivity contribution >= 4 is 50.4 Å². The number of nitrogens with zero attached hydrogens (tertiary/aromatic N) is 1. The smallest absolute Gasteiger partial charge is 0.257 e. The number of thiazole rings is 1. The molecule has 40 heavy (non-hydrogen) atoms. The Labute approximate surface area is 241 Å². The number of anilines is 1. The summed E-state index contributed by atoms with van der Waals surface area (Å²) in [5.74, 6) is 0.137. The molecule has 0 atom stereocenters. The third-order valence-corrected chi connectivity index (χ3v) is 10.3. The fraction of sp³-hybridized carbons (Fsp3) is 0.207. The van der Waals surface area contributed by atoms with Crippen molar-refractivity contribution in [2.75, 3.05) is 24.2 Å². The lowest BCUT2D eigenvalue weighted by atomic mass is 10.1. The summed E-state index contributed by atoms with van der Waals surface area (Å²) < 4.78 is 26.3. The van der Waals surface area contributed by atoms with Crippen molar-refractivity contribution in [1.82, 2.24) is 15.6 Å². The van der Waals surface area contributed by atoms with Crippen LogP contribution in [0, 0.1) is 0 Å². The number of rotatable bonds is 10. The molecular formula is C29H28N4O4S3. The highest BCUT2D eigenvalue weighted by Crippen LogP contribution is 2.34. The van der Waals surface area contributed by atoms with Crippen LogP contribution in [0.15, 0.2) is 87.6 Å². The Hall–Kier alpha value is -3.51. The molecule has 0 spiro atoms. The number of benzene rings is 3. The Morgan fingerprint density at radius 2 is 1.85 bits per heavy atom. The largest absolute Gasteiger partial charge is 0.347 e. The Kier molecular flexibility index (Phi) is 8.65. The molecule has 2 amide bonds. The highest BCUT2D eigenvalue weighted by Gasteiger charge is 2.31. The third kappa shape index (κ3) is 6.12. The van der Waals surface area contributed by atoms with Crippen molar-refractivity contribution in [3.63, 3.8) is 0 Å². The van der Waals surface area contributed by atoms with Crippen LogP contribution in [-0.2, 0) is 16.4 Å². The van der Waals surface area contributed by atoms with Gasteiger partial charge in [-0.15, -0.1) is 23.1 Å². The maximum atomic E-state index is 13.2. The molecule has 3 aromatic carbocycles. The Morgan fingerprint density at radius 3 is 2.65 bits per heavy atom. The van der Waals surface area contributed by atoms with Crippen LogP contribution in [-0.4, -0.2) is 44.1 Å². The number of fused-ring (bicyclic) bond motifs is 2. The van der Waals surface area contributed by atoms with E-state index in [1.165, 1.54) is 46.6 Å². The molecule has 0 fully saturated rings. The quantitative estimate of drug-likeness (QED) is 0.171. The monoisotopic (exact) mass is 592 g/mol. The first-order valence-electron chi connectivity index (χ1n) is 12.8. The minimum Gasteiger partial charge on any atom is -0.347 e. The molecule has 4 aromatic rings. The van der Waals surface area contributed by atoms with Crippen LogP contribution in [0.25, 0.3) is 10.6 Å². The predicted octanol–water partition coefficient (Wildman–Crippen LogP) is 5.23. The van der Waals surface area contributed by atoms with Crippen molar-refractivity contribution in [2.45, 2.75) is 34.6 Å². The average Bonchev–Trinajstić information content (AvgIpc) is 3.42. The van der Waals surface area contributed by atoms with E-state index in [0.29, 0.717) is 0 Å². The zero-order valence-electron chi connectivity index (χ0n) is 21.8. The fourth-order valence-corrected chi connectivity index (χ4v) is 7.55. The van der Waals surface area contributed by atoms with E-state index >= 15 is 0 Å². The van der Waals surface area contributed by atoms with Gasteiger partial charge in [-0.3, -0.25) is 9.59 Å². The molecule has 0 bridgehead atoms. The number of sulfone groups is 1. The molecule has 0 unspecified atom stereocenters. The summed E-state index contributed by atoms with van der Waals surface area (Å²) in [6.45, 7) is 4.40. The number of carbonyl (C=O) groups excluding carboxylic acids is 2. The normalized spacial score (nSPS) is 13.6. The molecule has 3 N–H and O–H groups in total. The van der Waals surface area contributed by atoms with Crippen molar-refractivity contribution in [1.29, 1.82) is 0 Å². The van der Waals surface area contributed by atoms with E-state index in [0.717, 1.165) is 40.7 Å². The van der Waals surface area contributed by atoms with Gasteiger partial charge in [-0.2, -0.15) is 0 Å². The van der Waals surface area contributed by atoms with Gasteiger partial charge < -0.3 is 16.0 Å². The molecule has 0 saturated carbocycles. The minimum atomic E-state index is -3.93. The van der Waals surface area contributed by atoms with E-state index in [9.17, 15) is 18.0 Å². The van der Waals surface area contributed by atoms with Crippen LogP contribution in [0.3, 0.4) is 0 Å². The Balaban J connectivity index is 1.22. The maximum absolute atomic E-state index is 13.2. The van der Waals surface area contributed by atoms with Gasteiger partial charge in [0.2, 0.25) is 9.84 Å². The molecule has 1 aromatic heterocycles. The first-order chi connectivity index (χ1) is 19.4. The average molecular weight is 593 g/mol. The topological polar surface area (TPSA) is 117 Å². The van der Waals surface area contributed by atoms with Crippen LogP contribution in [0.1, 0.15) is 38.9 Å². The van der Waals surface area contributed by atoms with Crippen LogP contribution in [0.2, 0.25) is 0 Å². The van der Waals surface area contributed by atoms with E-state index in [1.54, 1.807) is 18.3 Å². The molecular weight excluding hydrogens is 565 g/mol. The van der Waals surface area contributed by atoms with E-state index in [-0.39, 0.29) is 39.1 Å². The van der Waals surface area contributed by atoms with Crippen molar-refractivity contribution in [2.24, 2.45) is 0 Å². The zero-order valence-corrected chi connectivity index (χ0v) is 24.2. The van der Waals surface area contributed by atoms with Crippen LogP contribution >= 0.6 is 23.1 Å². The number of carbonyl (C=O) groups is 2. The molecule has 1 aliphatic rings. The van der Waals surface area contributed by atoms with Crippen LogP contribution in [0.4, 0.5) is 5.69 Å². The molecule has 8 nitrogen and oxygen atoms in total. The molecule has 11 heteroatoms. The minimum absolute atomic E-state index is 0.0487. The standard InChI is InChI=1S/C29H28N4O4S3/c1-2-30-14-5-15-38-21-11-8-19(9-12-21)29-32-18-22(39-29)17-31-27(34)20-10-13-26-24(16-20)33-28(35)23-6-3-4-7-25(23)40(26,36)37/h3-4,6-13,16,18,30H,2,5,14-15,17H2,1H3,(H,31,34)(H,33,35). The fourth-order valence-electron chi connectivity index (χ4n) is 4.25. The number of amides is 2. The predicted molar refractivity (Wildman–Crippen MR) is 159 cm³/mol. The Bertz CT molecular complexity index is 1650. The van der Waals surface area contributed by atoms with Gasteiger partial charge in [0.05, 0.1) is 27.6 Å². The Morgan fingerprint density at radius 1 is 1.05 bits per heavy atom. The second-order valence-corrected chi connectivity index (χ2v) is 13.2. The van der Waals surface area contributed by atoms with Gasteiger partial charge in [-0.05, 0) is 67.7 Å². The maximum Gasteiger partial charge on any atom is 0.257 e. The second kappa shape index (κ2) is 12.3. The summed E-state index contributed by atoms with van der Waals surface area (Å²) in [4.78, 5) is 32.1. The van der Waals surface area contributed by atoms with Crippen molar-refractivity contribution in [3.8, 4) is 10.6 Å². The highest BCUT2D eigenvalue weighted by molar-refractivity contribution is 7.99.